The van der Waals surface area contributed by atoms with Crippen LogP contribution in [-0.2, 0) is 4.79 Å². The number of fused-ring (bicyclic) bond motifs is 1. The minimum Gasteiger partial charge on any atom is -0.482 e. The molecule has 3 aromatic rings. The molecule has 27 heavy (non-hydrogen) atoms. The maximum absolute atomic E-state index is 12.9. The van der Waals surface area contributed by atoms with Gasteiger partial charge in [0.15, 0.2) is 17.5 Å². The molecular weight excluding hydrogens is 362 g/mol. The van der Waals surface area contributed by atoms with E-state index in [-0.39, 0.29) is 23.5 Å². The van der Waals surface area contributed by atoms with Crippen LogP contribution in [0.15, 0.2) is 66.1 Å². The molecule has 1 amide bonds. The number of thioether (sulfide) groups is 1. The molecule has 0 spiro atoms. The number of nitrogens with one attached hydrogen (secondary N) is 1. The molecule has 7 heteroatoms. The second-order valence-corrected chi connectivity index (χ2v) is 7.40. The molecule has 0 radical (unpaired) electrons. The first-order chi connectivity index (χ1) is 13.1. The molecule has 1 N–H and O–H groups in total. The first kappa shape index (κ1) is 17.4. The minimum absolute atomic E-state index is 0.00527. The number of Topliss-reactive ketones (excluding diaryl/α,β-unsaturated/α-hetero) is 1. The number of hydrogen-bond donors (Lipinski definition) is 1. The van der Waals surface area contributed by atoms with Gasteiger partial charge in [-0.3, -0.25) is 14.2 Å². The van der Waals surface area contributed by atoms with Crippen LogP contribution in [0.4, 0.5) is 5.69 Å². The molecule has 1 aliphatic heterocycles. The molecule has 2 heterocycles. The average molecular weight is 379 g/mol. The van der Waals surface area contributed by atoms with Crippen LogP contribution in [0.3, 0.4) is 0 Å². The molecule has 4 rings (SSSR count). The van der Waals surface area contributed by atoms with Gasteiger partial charge in [0.05, 0.1) is 10.9 Å². The average Bonchev–Trinajstić information content (AvgIpc) is 3.15. The predicted molar refractivity (Wildman–Crippen MR) is 104 cm³/mol. The Kier molecular flexibility index (Phi) is 4.68. The van der Waals surface area contributed by atoms with E-state index in [9.17, 15) is 9.59 Å². The van der Waals surface area contributed by atoms with E-state index >= 15 is 0 Å². The fourth-order valence-corrected chi connectivity index (χ4v) is 3.81. The first-order valence-corrected chi connectivity index (χ1v) is 9.36. The first-order valence-electron chi connectivity index (χ1n) is 8.48. The molecular formula is C20H17N3O3S. The number of para-hydroxylation sites is 1. The summed E-state index contributed by atoms with van der Waals surface area (Å²) < 4.78 is 7.29. The molecule has 1 atom stereocenters. The van der Waals surface area contributed by atoms with Crippen molar-refractivity contribution in [3.63, 3.8) is 0 Å². The van der Waals surface area contributed by atoms with Crippen molar-refractivity contribution in [2.45, 2.75) is 17.3 Å². The molecule has 6 nitrogen and oxygen atoms in total. The lowest BCUT2D eigenvalue weighted by Crippen LogP contribution is -2.25. The quantitative estimate of drug-likeness (QED) is 0.542. The number of ether oxygens (including phenoxy) is 1. The number of amides is 1. The monoisotopic (exact) mass is 379 g/mol. The van der Waals surface area contributed by atoms with E-state index in [0.717, 1.165) is 10.8 Å². The zero-order valence-electron chi connectivity index (χ0n) is 14.6. The summed E-state index contributed by atoms with van der Waals surface area (Å²) in [7, 11) is 0. The van der Waals surface area contributed by atoms with Crippen molar-refractivity contribution in [3.8, 4) is 11.4 Å². The highest BCUT2D eigenvalue weighted by molar-refractivity contribution is 8.00. The lowest BCUT2D eigenvalue weighted by Gasteiger charge is -2.19. The van der Waals surface area contributed by atoms with Crippen LogP contribution in [0.2, 0.25) is 0 Å². The number of ketones is 1. The molecule has 0 bridgehead atoms. The third-order valence-corrected chi connectivity index (χ3v) is 5.27. The van der Waals surface area contributed by atoms with Crippen molar-refractivity contribution >= 4 is 29.1 Å². The number of aromatic nitrogens is 2. The number of rotatable bonds is 5. The predicted octanol–water partition coefficient (Wildman–Crippen LogP) is 3.57. The third kappa shape index (κ3) is 3.59. The maximum atomic E-state index is 12.9. The van der Waals surface area contributed by atoms with Gasteiger partial charge in [-0.15, -0.1) is 0 Å². The second kappa shape index (κ2) is 7.28. The van der Waals surface area contributed by atoms with E-state index < -0.39 is 0 Å². The van der Waals surface area contributed by atoms with E-state index in [4.69, 9.17) is 4.74 Å². The van der Waals surface area contributed by atoms with E-state index in [2.05, 4.69) is 10.3 Å². The van der Waals surface area contributed by atoms with Gasteiger partial charge in [0.1, 0.15) is 5.75 Å². The number of carbonyl (C=O) groups excluding carboxylic acids is 2. The molecule has 2 aromatic carbocycles. The zero-order valence-corrected chi connectivity index (χ0v) is 15.4. The Morgan fingerprint density at radius 1 is 1.26 bits per heavy atom. The van der Waals surface area contributed by atoms with Crippen LogP contribution in [0, 0.1) is 0 Å². The van der Waals surface area contributed by atoms with Crippen molar-refractivity contribution in [3.05, 3.63) is 66.5 Å². The third-order valence-electron chi connectivity index (χ3n) is 4.19. The smallest absolute Gasteiger partial charge is 0.262 e. The number of anilines is 1. The summed E-state index contributed by atoms with van der Waals surface area (Å²) in [5, 5.41) is 3.14. The van der Waals surface area contributed by atoms with E-state index in [1.54, 1.807) is 24.4 Å². The molecule has 136 valence electrons. The molecule has 1 aliphatic rings. The summed E-state index contributed by atoms with van der Waals surface area (Å²) in [5.74, 6) is 0.315. The van der Waals surface area contributed by atoms with Crippen LogP contribution in [0.5, 0.6) is 5.75 Å². The Morgan fingerprint density at radius 2 is 2.07 bits per heavy atom. The highest BCUT2D eigenvalue weighted by Crippen LogP contribution is 2.31. The molecule has 0 aliphatic carbocycles. The minimum atomic E-state index is -0.340. The lowest BCUT2D eigenvalue weighted by molar-refractivity contribution is -0.118. The van der Waals surface area contributed by atoms with Crippen molar-refractivity contribution in [1.82, 2.24) is 9.55 Å². The number of hydrogen-bond acceptors (Lipinski definition) is 5. The Labute approximate surface area is 160 Å². The summed E-state index contributed by atoms with van der Waals surface area (Å²) in [6, 6.07) is 15.0. The lowest BCUT2D eigenvalue weighted by atomic mass is 10.1. The van der Waals surface area contributed by atoms with Gasteiger partial charge in [0.25, 0.3) is 5.91 Å². The van der Waals surface area contributed by atoms with Crippen LogP contribution >= 0.6 is 11.8 Å². The van der Waals surface area contributed by atoms with Gasteiger partial charge in [0, 0.05) is 23.6 Å². The molecule has 0 unspecified atom stereocenters. The van der Waals surface area contributed by atoms with Gasteiger partial charge >= 0.3 is 0 Å². The zero-order chi connectivity index (χ0) is 18.8. The van der Waals surface area contributed by atoms with Crippen molar-refractivity contribution in [2.24, 2.45) is 0 Å². The number of carbonyl (C=O) groups is 2. The van der Waals surface area contributed by atoms with Crippen LogP contribution in [0.25, 0.3) is 5.69 Å². The largest absolute Gasteiger partial charge is 0.482 e. The van der Waals surface area contributed by atoms with E-state index in [0.29, 0.717) is 17.0 Å². The molecule has 0 fully saturated rings. The Balaban J connectivity index is 1.54. The highest BCUT2D eigenvalue weighted by atomic mass is 32.2. The van der Waals surface area contributed by atoms with Gasteiger partial charge in [-0.25, -0.2) is 4.98 Å². The summed E-state index contributed by atoms with van der Waals surface area (Å²) in [6.45, 7) is 1.85. The Hall–Kier alpha value is -3.06. The fourth-order valence-electron chi connectivity index (χ4n) is 2.84. The topological polar surface area (TPSA) is 73.2 Å². The molecule has 0 saturated carbocycles. The number of benzene rings is 2. The summed E-state index contributed by atoms with van der Waals surface area (Å²) in [5.41, 5.74) is 2.04. The normalized spacial score (nSPS) is 14.0. The Bertz CT molecular complexity index is 1000. The van der Waals surface area contributed by atoms with Gasteiger partial charge in [-0.2, -0.15) is 0 Å². The molecule has 0 saturated heterocycles. The SMILES string of the molecule is C[C@@H](Sc1nccn1-c1ccccc1)C(=O)c1ccc2c(c1)NC(=O)CO2. The fraction of sp³-hybridized carbons (Fsp3) is 0.150. The van der Waals surface area contributed by atoms with Crippen molar-refractivity contribution in [2.75, 3.05) is 11.9 Å². The van der Waals surface area contributed by atoms with Crippen LogP contribution < -0.4 is 10.1 Å². The summed E-state index contributed by atoms with van der Waals surface area (Å²) in [4.78, 5) is 28.7. The van der Waals surface area contributed by atoms with Gasteiger partial charge in [-0.05, 0) is 37.3 Å². The van der Waals surface area contributed by atoms with Gasteiger partial charge in [0.2, 0.25) is 0 Å². The van der Waals surface area contributed by atoms with Crippen molar-refractivity contribution in [1.29, 1.82) is 0 Å². The van der Waals surface area contributed by atoms with Crippen molar-refractivity contribution < 1.29 is 14.3 Å². The summed E-state index contributed by atoms with van der Waals surface area (Å²) in [6.07, 6.45) is 3.60. The maximum Gasteiger partial charge on any atom is 0.262 e. The summed E-state index contributed by atoms with van der Waals surface area (Å²) >= 11 is 1.40. The number of nitrogens with zero attached hydrogens (tertiary/aromatic N) is 2. The van der Waals surface area contributed by atoms with Gasteiger partial charge < -0.3 is 10.1 Å². The second-order valence-electron chi connectivity index (χ2n) is 6.09. The van der Waals surface area contributed by atoms with Crippen LogP contribution in [0.1, 0.15) is 17.3 Å². The highest BCUT2D eigenvalue weighted by Gasteiger charge is 2.22. The molecule has 1 aromatic heterocycles. The Morgan fingerprint density at radius 3 is 2.89 bits per heavy atom. The number of imidazole rings is 1. The van der Waals surface area contributed by atoms with E-state index in [1.807, 2.05) is 48.0 Å². The van der Waals surface area contributed by atoms with Gasteiger partial charge in [-0.1, -0.05) is 30.0 Å². The van der Waals surface area contributed by atoms with Crippen LogP contribution in [-0.4, -0.2) is 33.1 Å². The standard InChI is InChI=1S/C20H17N3O3S/c1-13(27-20-21-9-10-23(20)15-5-3-2-4-6-15)19(25)14-7-8-17-16(11-14)22-18(24)12-26-17/h2-11,13H,12H2,1H3,(H,22,24)/t13-/m1/s1. The van der Waals surface area contributed by atoms with E-state index in [1.165, 1.54) is 11.8 Å².